The van der Waals surface area contributed by atoms with Gasteiger partial charge >= 0.3 is 12.1 Å². The van der Waals surface area contributed by atoms with Gasteiger partial charge in [-0.05, 0) is 31.6 Å². The molecular weight excluding hydrogens is 246 g/mol. The molecule has 0 spiro atoms. The Morgan fingerprint density at radius 2 is 2.05 bits per heavy atom. The second-order valence-corrected chi connectivity index (χ2v) is 4.93. The Hall–Kier alpha value is -1.52. The first-order chi connectivity index (χ1) is 9.15. The van der Waals surface area contributed by atoms with Crippen LogP contribution in [-0.2, 0) is 9.53 Å². The molecule has 1 rings (SSSR count). The van der Waals surface area contributed by atoms with E-state index in [9.17, 15) is 14.7 Å². The van der Waals surface area contributed by atoms with Crippen molar-refractivity contribution in [3.63, 3.8) is 0 Å². The minimum Gasteiger partial charge on any atom is -0.480 e. The highest BCUT2D eigenvalue weighted by Crippen LogP contribution is 2.26. The van der Waals surface area contributed by atoms with Crippen molar-refractivity contribution in [1.82, 2.24) is 5.32 Å². The summed E-state index contributed by atoms with van der Waals surface area (Å²) in [4.78, 5) is 22.8. The predicted molar refractivity (Wildman–Crippen MR) is 71.9 cm³/mol. The molecule has 19 heavy (non-hydrogen) atoms. The van der Waals surface area contributed by atoms with E-state index in [1.807, 2.05) is 0 Å². The van der Waals surface area contributed by atoms with Crippen molar-refractivity contribution < 1.29 is 19.4 Å². The Morgan fingerprint density at radius 3 is 2.63 bits per heavy atom. The number of carbonyl (C=O) groups is 2. The van der Waals surface area contributed by atoms with Crippen LogP contribution in [0, 0.1) is 5.92 Å². The van der Waals surface area contributed by atoms with Crippen LogP contribution in [0.5, 0.6) is 0 Å². The first-order valence-electron chi connectivity index (χ1n) is 6.92. The fraction of sp³-hybridized carbons (Fsp3) is 0.714. The summed E-state index contributed by atoms with van der Waals surface area (Å²) in [6, 6.07) is -0.827. The topological polar surface area (TPSA) is 75.6 Å². The van der Waals surface area contributed by atoms with E-state index in [-0.39, 0.29) is 12.5 Å². The molecule has 0 heterocycles. The number of unbranched alkanes of at least 4 members (excludes halogenated alkanes) is 1. The Morgan fingerprint density at radius 1 is 1.37 bits per heavy atom. The number of allylic oxidation sites excluding steroid dienone is 1. The second-order valence-electron chi connectivity index (χ2n) is 4.93. The fourth-order valence-corrected chi connectivity index (χ4v) is 2.41. The molecule has 0 aromatic rings. The molecule has 0 saturated heterocycles. The van der Waals surface area contributed by atoms with Crippen LogP contribution in [0.25, 0.3) is 0 Å². The van der Waals surface area contributed by atoms with Gasteiger partial charge in [-0.1, -0.05) is 25.3 Å². The van der Waals surface area contributed by atoms with Crippen LogP contribution in [0.3, 0.4) is 0 Å². The van der Waals surface area contributed by atoms with Gasteiger partial charge in [-0.2, -0.15) is 0 Å². The Balaban J connectivity index is 2.37. The molecule has 5 nitrogen and oxygen atoms in total. The van der Waals surface area contributed by atoms with Gasteiger partial charge in [0.05, 0.1) is 6.61 Å². The van der Waals surface area contributed by atoms with Crippen molar-refractivity contribution >= 4 is 12.1 Å². The molecule has 2 N–H and O–H groups in total. The SMILES string of the molecule is C=CCCCOC(=O)NC(C(=O)O)C1CCCCC1. The number of nitrogens with one attached hydrogen (secondary N) is 1. The molecule has 1 unspecified atom stereocenters. The average Bonchev–Trinajstić information content (AvgIpc) is 2.41. The van der Waals surface area contributed by atoms with E-state index in [0.29, 0.717) is 6.42 Å². The molecule has 108 valence electrons. The molecule has 1 atom stereocenters. The Bertz CT molecular complexity index is 311. The van der Waals surface area contributed by atoms with Crippen molar-refractivity contribution in [3.8, 4) is 0 Å². The molecule has 0 aliphatic heterocycles. The largest absolute Gasteiger partial charge is 0.480 e. The van der Waals surface area contributed by atoms with E-state index in [2.05, 4.69) is 11.9 Å². The summed E-state index contributed by atoms with van der Waals surface area (Å²) < 4.78 is 4.95. The molecule has 0 aromatic heterocycles. The number of ether oxygens (including phenoxy) is 1. The summed E-state index contributed by atoms with van der Waals surface area (Å²) in [5, 5.41) is 11.7. The molecule has 0 bridgehead atoms. The van der Waals surface area contributed by atoms with Gasteiger partial charge in [0, 0.05) is 0 Å². The summed E-state index contributed by atoms with van der Waals surface area (Å²) in [6.45, 7) is 3.86. The first kappa shape index (κ1) is 15.5. The lowest BCUT2D eigenvalue weighted by molar-refractivity contribution is -0.141. The van der Waals surface area contributed by atoms with Crippen LogP contribution < -0.4 is 5.32 Å². The number of hydrogen-bond acceptors (Lipinski definition) is 3. The smallest absolute Gasteiger partial charge is 0.407 e. The summed E-state index contributed by atoms with van der Waals surface area (Å²) in [6.07, 6.45) is 7.52. The third kappa shape index (κ3) is 5.77. The molecule has 1 aliphatic rings. The molecule has 1 fully saturated rings. The fourth-order valence-electron chi connectivity index (χ4n) is 2.41. The van der Waals surface area contributed by atoms with Gasteiger partial charge in [-0.3, -0.25) is 0 Å². The Kier molecular flexibility index (Phi) is 7.00. The maximum absolute atomic E-state index is 11.5. The molecule has 0 radical (unpaired) electrons. The maximum atomic E-state index is 11.5. The number of rotatable bonds is 7. The highest BCUT2D eigenvalue weighted by Gasteiger charge is 2.31. The zero-order valence-corrected chi connectivity index (χ0v) is 11.3. The molecule has 1 aliphatic carbocycles. The van der Waals surface area contributed by atoms with Crippen LogP contribution in [0.15, 0.2) is 12.7 Å². The van der Waals surface area contributed by atoms with Gasteiger partial charge < -0.3 is 15.2 Å². The van der Waals surface area contributed by atoms with E-state index in [4.69, 9.17) is 4.74 Å². The van der Waals surface area contributed by atoms with Gasteiger partial charge in [0.1, 0.15) is 6.04 Å². The van der Waals surface area contributed by atoms with Crippen molar-refractivity contribution in [2.45, 2.75) is 51.0 Å². The minimum absolute atomic E-state index is 0.0203. The summed E-state index contributed by atoms with van der Waals surface area (Å²) in [5.74, 6) is -0.957. The Labute approximate surface area is 114 Å². The highest BCUT2D eigenvalue weighted by molar-refractivity contribution is 5.80. The van der Waals surface area contributed by atoms with Crippen LogP contribution in [0.2, 0.25) is 0 Å². The van der Waals surface area contributed by atoms with E-state index in [1.54, 1.807) is 6.08 Å². The van der Waals surface area contributed by atoms with Crippen LogP contribution >= 0.6 is 0 Å². The van der Waals surface area contributed by atoms with Crippen LogP contribution in [0.1, 0.15) is 44.9 Å². The quantitative estimate of drug-likeness (QED) is 0.550. The number of hydrogen-bond donors (Lipinski definition) is 2. The molecular formula is C14H23NO4. The molecule has 1 amide bonds. The van der Waals surface area contributed by atoms with E-state index in [0.717, 1.165) is 38.5 Å². The van der Waals surface area contributed by atoms with Crippen molar-refractivity contribution in [3.05, 3.63) is 12.7 Å². The van der Waals surface area contributed by atoms with Gasteiger partial charge in [0.2, 0.25) is 0 Å². The number of carboxylic acids is 1. The monoisotopic (exact) mass is 269 g/mol. The number of amides is 1. The highest BCUT2D eigenvalue weighted by atomic mass is 16.5. The molecule has 1 saturated carbocycles. The van der Waals surface area contributed by atoms with Gasteiger partial charge in [0.25, 0.3) is 0 Å². The summed E-state index contributed by atoms with van der Waals surface area (Å²) in [7, 11) is 0. The zero-order valence-electron chi connectivity index (χ0n) is 11.3. The number of aliphatic carboxylic acids is 1. The lowest BCUT2D eigenvalue weighted by Crippen LogP contribution is -2.46. The lowest BCUT2D eigenvalue weighted by atomic mass is 9.84. The number of carbonyl (C=O) groups excluding carboxylic acids is 1. The second kappa shape index (κ2) is 8.56. The van der Waals surface area contributed by atoms with Crippen molar-refractivity contribution in [2.75, 3.05) is 6.61 Å². The van der Waals surface area contributed by atoms with Crippen molar-refractivity contribution in [1.29, 1.82) is 0 Å². The number of alkyl carbamates (subject to hydrolysis) is 1. The first-order valence-corrected chi connectivity index (χ1v) is 6.92. The average molecular weight is 269 g/mol. The zero-order chi connectivity index (χ0) is 14.1. The lowest BCUT2D eigenvalue weighted by Gasteiger charge is -2.27. The van der Waals surface area contributed by atoms with Gasteiger partial charge in [-0.25, -0.2) is 9.59 Å². The van der Waals surface area contributed by atoms with Gasteiger partial charge in [0.15, 0.2) is 0 Å². The van der Waals surface area contributed by atoms with Crippen LogP contribution in [-0.4, -0.2) is 29.8 Å². The third-order valence-corrected chi connectivity index (χ3v) is 3.45. The minimum atomic E-state index is -0.977. The van der Waals surface area contributed by atoms with E-state index >= 15 is 0 Å². The third-order valence-electron chi connectivity index (χ3n) is 3.45. The standard InChI is InChI=1S/C14H23NO4/c1-2-3-7-10-19-14(18)15-12(13(16)17)11-8-5-4-6-9-11/h2,11-12H,1,3-10H2,(H,15,18)(H,16,17). The van der Waals surface area contributed by atoms with Crippen LogP contribution in [0.4, 0.5) is 4.79 Å². The normalized spacial score (nSPS) is 17.5. The predicted octanol–water partition coefficient (Wildman–Crippen LogP) is 2.71. The number of carboxylic acid groups (broad SMARTS) is 1. The van der Waals surface area contributed by atoms with E-state index in [1.165, 1.54) is 0 Å². The van der Waals surface area contributed by atoms with Gasteiger partial charge in [-0.15, -0.1) is 6.58 Å². The van der Waals surface area contributed by atoms with Crippen molar-refractivity contribution in [2.24, 2.45) is 5.92 Å². The summed E-state index contributed by atoms with van der Waals surface area (Å²) in [5.41, 5.74) is 0. The summed E-state index contributed by atoms with van der Waals surface area (Å²) >= 11 is 0. The van der Waals surface area contributed by atoms with E-state index < -0.39 is 18.1 Å². The molecule has 5 heteroatoms. The molecule has 0 aromatic carbocycles. The maximum Gasteiger partial charge on any atom is 0.407 e.